The van der Waals surface area contributed by atoms with Gasteiger partial charge in [-0.05, 0) is 18.2 Å². The highest BCUT2D eigenvalue weighted by Gasteiger charge is 2.14. The lowest BCUT2D eigenvalue weighted by Gasteiger charge is -2.06. The maximum Gasteiger partial charge on any atom is 0.355 e. The van der Waals surface area contributed by atoms with Crippen molar-refractivity contribution in [1.29, 1.82) is 0 Å². The molecule has 0 saturated carbocycles. The first kappa shape index (κ1) is 12.7. The van der Waals surface area contributed by atoms with Gasteiger partial charge in [-0.25, -0.2) is 14.8 Å². The van der Waals surface area contributed by atoms with E-state index in [1.165, 1.54) is 0 Å². The number of benzene rings is 2. The zero-order valence-electron chi connectivity index (χ0n) is 10.2. The number of aromatic carboxylic acids is 1. The standard InChI is InChI=1S/C15H9BrN2O2/c16-10-7-5-9(6-8-10)14-17-12-4-2-1-3-11(12)13(18-14)15(19)20/h1-8H,(H,19,20). The summed E-state index contributed by atoms with van der Waals surface area (Å²) in [6.45, 7) is 0. The van der Waals surface area contributed by atoms with Crippen LogP contribution < -0.4 is 0 Å². The van der Waals surface area contributed by atoms with E-state index in [-0.39, 0.29) is 5.69 Å². The molecule has 0 unspecified atom stereocenters. The van der Waals surface area contributed by atoms with E-state index in [0.717, 1.165) is 10.0 Å². The first-order valence-corrected chi connectivity index (χ1v) is 6.70. The molecule has 1 N–H and O–H groups in total. The molecule has 0 aliphatic rings. The summed E-state index contributed by atoms with van der Waals surface area (Å²) in [5.74, 6) is -0.643. The molecular weight excluding hydrogens is 320 g/mol. The number of carboxylic acid groups (broad SMARTS) is 1. The summed E-state index contributed by atoms with van der Waals surface area (Å²) in [5.41, 5.74) is 1.42. The lowest BCUT2D eigenvalue weighted by molar-refractivity contribution is 0.0693. The van der Waals surface area contributed by atoms with E-state index in [4.69, 9.17) is 0 Å². The van der Waals surface area contributed by atoms with Crippen molar-refractivity contribution in [3.05, 3.63) is 58.7 Å². The quantitative estimate of drug-likeness (QED) is 0.778. The number of halogens is 1. The van der Waals surface area contributed by atoms with Crippen LogP contribution in [0.3, 0.4) is 0 Å². The van der Waals surface area contributed by atoms with Crippen molar-refractivity contribution in [2.45, 2.75) is 0 Å². The first-order valence-electron chi connectivity index (χ1n) is 5.91. The minimum absolute atomic E-state index is 0.0218. The van der Waals surface area contributed by atoms with Crippen LogP contribution in [0.1, 0.15) is 10.5 Å². The maximum atomic E-state index is 11.4. The smallest absolute Gasteiger partial charge is 0.355 e. The van der Waals surface area contributed by atoms with Crippen LogP contribution in [0.2, 0.25) is 0 Å². The average molecular weight is 329 g/mol. The van der Waals surface area contributed by atoms with Gasteiger partial charge in [0.1, 0.15) is 0 Å². The monoisotopic (exact) mass is 328 g/mol. The number of carboxylic acids is 1. The van der Waals surface area contributed by atoms with Gasteiger partial charge in [-0.15, -0.1) is 0 Å². The van der Waals surface area contributed by atoms with Gasteiger partial charge in [0.05, 0.1) is 5.52 Å². The largest absolute Gasteiger partial charge is 0.476 e. The molecule has 1 heterocycles. The number of nitrogens with zero attached hydrogens (tertiary/aromatic N) is 2. The van der Waals surface area contributed by atoms with E-state index in [1.807, 2.05) is 30.3 Å². The summed E-state index contributed by atoms with van der Waals surface area (Å²) in [6.07, 6.45) is 0. The fourth-order valence-electron chi connectivity index (χ4n) is 1.97. The van der Waals surface area contributed by atoms with Crippen molar-refractivity contribution in [2.75, 3.05) is 0 Å². The van der Waals surface area contributed by atoms with Gasteiger partial charge in [-0.1, -0.05) is 46.3 Å². The Bertz CT molecular complexity index is 801. The SMILES string of the molecule is O=C(O)c1nc(-c2ccc(Br)cc2)nc2ccccc12. The molecule has 5 heteroatoms. The Morgan fingerprint density at radius 2 is 1.70 bits per heavy atom. The number of para-hydroxylation sites is 1. The number of aromatic nitrogens is 2. The lowest BCUT2D eigenvalue weighted by atomic mass is 10.1. The van der Waals surface area contributed by atoms with Crippen LogP contribution in [-0.4, -0.2) is 21.0 Å². The van der Waals surface area contributed by atoms with Crippen LogP contribution in [0.25, 0.3) is 22.3 Å². The summed E-state index contributed by atoms with van der Waals surface area (Å²) in [6, 6.07) is 14.5. The predicted octanol–water partition coefficient (Wildman–Crippen LogP) is 3.76. The van der Waals surface area contributed by atoms with Crippen LogP contribution in [0.4, 0.5) is 0 Å². The van der Waals surface area contributed by atoms with Crippen LogP contribution >= 0.6 is 15.9 Å². The molecule has 0 amide bonds. The Morgan fingerprint density at radius 1 is 1.00 bits per heavy atom. The highest BCUT2D eigenvalue weighted by molar-refractivity contribution is 9.10. The molecule has 2 aromatic carbocycles. The normalized spacial score (nSPS) is 10.7. The summed E-state index contributed by atoms with van der Waals surface area (Å²) < 4.78 is 0.945. The highest BCUT2D eigenvalue weighted by atomic mass is 79.9. The third-order valence-electron chi connectivity index (χ3n) is 2.91. The summed E-state index contributed by atoms with van der Waals surface area (Å²) in [4.78, 5) is 20.0. The third-order valence-corrected chi connectivity index (χ3v) is 3.44. The molecule has 3 aromatic rings. The fraction of sp³-hybridized carbons (Fsp3) is 0. The van der Waals surface area contributed by atoms with Crippen molar-refractivity contribution in [3.8, 4) is 11.4 Å². The molecule has 98 valence electrons. The van der Waals surface area contributed by atoms with Gasteiger partial charge in [-0.3, -0.25) is 0 Å². The van der Waals surface area contributed by atoms with Crippen LogP contribution in [-0.2, 0) is 0 Å². The molecule has 0 spiro atoms. The Morgan fingerprint density at radius 3 is 2.40 bits per heavy atom. The molecule has 4 nitrogen and oxygen atoms in total. The molecule has 0 atom stereocenters. The molecule has 0 bridgehead atoms. The Kier molecular flexibility index (Phi) is 3.20. The third kappa shape index (κ3) is 2.28. The highest BCUT2D eigenvalue weighted by Crippen LogP contribution is 2.23. The van der Waals surface area contributed by atoms with Crippen molar-refractivity contribution >= 4 is 32.8 Å². The molecule has 0 saturated heterocycles. The second-order valence-electron chi connectivity index (χ2n) is 4.23. The Hall–Kier alpha value is -2.27. The van der Waals surface area contributed by atoms with E-state index in [2.05, 4.69) is 25.9 Å². The molecule has 1 aromatic heterocycles. The number of hydrogen-bond donors (Lipinski definition) is 1. The number of carbonyl (C=O) groups is 1. The van der Waals surface area contributed by atoms with Gasteiger partial charge < -0.3 is 5.11 Å². The molecule has 0 fully saturated rings. The maximum absolute atomic E-state index is 11.4. The van der Waals surface area contributed by atoms with Crippen LogP contribution in [0, 0.1) is 0 Å². The van der Waals surface area contributed by atoms with E-state index < -0.39 is 5.97 Å². The van der Waals surface area contributed by atoms with Crippen LogP contribution in [0.15, 0.2) is 53.0 Å². The predicted molar refractivity (Wildman–Crippen MR) is 79.6 cm³/mol. The van der Waals surface area contributed by atoms with E-state index in [0.29, 0.717) is 16.7 Å². The molecule has 3 rings (SSSR count). The zero-order valence-corrected chi connectivity index (χ0v) is 11.8. The van der Waals surface area contributed by atoms with E-state index >= 15 is 0 Å². The molecule has 20 heavy (non-hydrogen) atoms. The minimum Gasteiger partial charge on any atom is -0.476 e. The number of fused-ring (bicyclic) bond motifs is 1. The van der Waals surface area contributed by atoms with Gasteiger partial charge in [-0.2, -0.15) is 0 Å². The first-order chi connectivity index (χ1) is 9.65. The minimum atomic E-state index is -1.05. The van der Waals surface area contributed by atoms with Crippen molar-refractivity contribution in [1.82, 2.24) is 9.97 Å². The van der Waals surface area contributed by atoms with E-state index in [1.54, 1.807) is 18.2 Å². The van der Waals surface area contributed by atoms with Gasteiger partial charge in [0, 0.05) is 15.4 Å². The fourth-order valence-corrected chi connectivity index (χ4v) is 2.23. The van der Waals surface area contributed by atoms with Crippen molar-refractivity contribution in [2.24, 2.45) is 0 Å². The van der Waals surface area contributed by atoms with Gasteiger partial charge in [0.15, 0.2) is 11.5 Å². The summed E-state index contributed by atoms with van der Waals surface area (Å²) in [7, 11) is 0. The molecule has 0 aliphatic heterocycles. The lowest BCUT2D eigenvalue weighted by Crippen LogP contribution is -2.04. The second-order valence-corrected chi connectivity index (χ2v) is 5.14. The summed E-state index contributed by atoms with van der Waals surface area (Å²) >= 11 is 3.36. The second kappa shape index (κ2) is 5.02. The Labute approximate surface area is 123 Å². The molecular formula is C15H9BrN2O2. The van der Waals surface area contributed by atoms with Crippen molar-refractivity contribution in [3.63, 3.8) is 0 Å². The van der Waals surface area contributed by atoms with Gasteiger partial charge in [0.25, 0.3) is 0 Å². The van der Waals surface area contributed by atoms with Crippen molar-refractivity contribution < 1.29 is 9.90 Å². The Balaban J connectivity index is 2.27. The number of rotatable bonds is 2. The van der Waals surface area contributed by atoms with Crippen LogP contribution in [0.5, 0.6) is 0 Å². The topological polar surface area (TPSA) is 63.1 Å². The zero-order chi connectivity index (χ0) is 14.1. The summed E-state index contributed by atoms with van der Waals surface area (Å²) in [5, 5.41) is 9.84. The average Bonchev–Trinajstić information content (AvgIpc) is 2.46. The van der Waals surface area contributed by atoms with Gasteiger partial charge >= 0.3 is 5.97 Å². The molecule has 0 radical (unpaired) electrons. The van der Waals surface area contributed by atoms with Gasteiger partial charge in [0.2, 0.25) is 0 Å². The number of hydrogen-bond acceptors (Lipinski definition) is 3. The van der Waals surface area contributed by atoms with E-state index in [9.17, 15) is 9.90 Å². The molecule has 0 aliphatic carbocycles.